The van der Waals surface area contributed by atoms with Crippen molar-refractivity contribution in [1.82, 2.24) is 34.7 Å². The maximum atomic E-state index is 14.0. The molecule has 0 spiro atoms. The van der Waals surface area contributed by atoms with E-state index in [2.05, 4.69) is 30.6 Å². The highest BCUT2D eigenvalue weighted by molar-refractivity contribution is 5.96. The van der Waals surface area contributed by atoms with E-state index in [0.29, 0.717) is 0 Å². The number of hydrogen-bond donors (Lipinski definition) is 4. The first-order chi connectivity index (χ1) is 21.0. The van der Waals surface area contributed by atoms with Gasteiger partial charge in [0, 0.05) is 31.9 Å². The zero-order valence-corrected chi connectivity index (χ0v) is 23.6. The van der Waals surface area contributed by atoms with Gasteiger partial charge in [-0.05, 0) is 43.2 Å². The van der Waals surface area contributed by atoms with Crippen LogP contribution in [0.2, 0.25) is 0 Å². The van der Waals surface area contributed by atoms with E-state index in [-0.39, 0.29) is 66.0 Å². The summed E-state index contributed by atoms with van der Waals surface area (Å²) in [6.45, 7) is -0.323. The smallest absolute Gasteiger partial charge is 0.405 e. The standard InChI is InChI=1S/C28H28F2N8O6/c1-37(2)22(39)8-4-3-6-19(34-28(42)43)25(40)33-20-7-5-11-38(27(20)41)13-21-35-23-24(36-21)31-15-32-26(23)44-14-16-9-10-17(29)12-18(16)30/h4-5,7-12,15,19,34H,3,6,13-14H2,1-2H3,(H,33,40)(H,42,43)(H,31,32,35,36)/b8-4+. The predicted molar refractivity (Wildman–Crippen MR) is 153 cm³/mol. The van der Waals surface area contributed by atoms with Gasteiger partial charge in [-0.1, -0.05) is 6.08 Å². The maximum Gasteiger partial charge on any atom is 0.405 e. The third kappa shape index (κ3) is 7.99. The number of halogens is 2. The molecular formula is C28H28F2N8O6. The second kappa shape index (κ2) is 14.0. The Hall–Kier alpha value is -5.67. The minimum absolute atomic E-state index is 0.0347. The lowest BCUT2D eigenvalue weighted by Crippen LogP contribution is -2.44. The number of carbonyl (C=O) groups excluding carboxylic acids is 2. The average Bonchev–Trinajstić information content (AvgIpc) is 3.39. The van der Waals surface area contributed by atoms with E-state index >= 15 is 0 Å². The number of H-pyrrole nitrogens is 1. The van der Waals surface area contributed by atoms with Gasteiger partial charge in [0.05, 0.1) is 6.54 Å². The number of rotatable bonds is 12. The third-order valence-corrected chi connectivity index (χ3v) is 6.21. The molecule has 230 valence electrons. The Morgan fingerprint density at radius 3 is 2.73 bits per heavy atom. The molecule has 0 bridgehead atoms. The minimum atomic E-state index is -1.43. The SMILES string of the molecule is CN(C)C(=O)/C=C/CCC(NC(=O)O)C(=O)Nc1cccn(Cc2nc3c(OCc4ccc(F)cc4F)ncnc3[nH]2)c1=O. The van der Waals surface area contributed by atoms with Crippen LogP contribution in [0.5, 0.6) is 5.88 Å². The molecule has 0 saturated carbocycles. The Kier molecular flexibility index (Phi) is 9.95. The van der Waals surface area contributed by atoms with Gasteiger partial charge in [-0.3, -0.25) is 14.4 Å². The number of amides is 3. The number of allylic oxidation sites excluding steroid dienone is 1. The van der Waals surface area contributed by atoms with Crippen molar-refractivity contribution in [3.05, 3.63) is 88.4 Å². The van der Waals surface area contributed by atoms with Crippen LogP contribution in [-0.2, 0) is 22.7 Å². The first-order valence-electron chi connectivity index (χ1n) is 13.2. The summed E-state index contributed by atoms with van der Waals surface area (Å²) in [6, 6.07) is 4.79. The molecule has 0 saturated heterocycles. The number of ether oxygens (including phenoxy) is 1. The van der Waals surface area contributed by atoms with Gasteiger partial charge in [0.25, 0.3) is 5.56 Å². The number of fused-ring (bicyclic) bond motifs is 1. The molecule has 4 rings (SSSR count). The number of pyridine rings is 1. The second-order valence-corrected chi connectivity index (χ2v) is 9.64. The summed E-state index contributed by atoms with van der Waals surface area (Å²) in [4.78, 5) is 65.8. The number of nitrogens with one attached hydrogen (secondary N) is 3. The molecule has 1 atom stereocenters. The van der Waals surface area contributed by atoms with Gasteiger partial charge in [-0.15, -0.1) is 0 Å². The molecule has 1 aromatic carbocycles. The van der Waals surface area contributed by atoms with Crippen LogP contribution >= 0.6 is 0 Å². The second-order valence-electron chi connectivity index (χ2n) is 9.64. The van der Waals surface area contributed by atoms with E-state index < -0.39 is 35.2 Å². The molecule has 0 radical (unpaired) electrons. The van der Waals surface area contributed by atoms with Crippen LogP contribution < -0.4 is 20.9 Å². The van der Waals surface area contributed by atoms with Gasteiger partial charge in [0.15, 0.2) is 11.2 Å². The molecular weight excluding hydrogens is 582 g/mol. The van der Waals surface area contributed by atoms with Crippen LogP contribution in [0.3, 0.4) is 0 Å². The number of imidazole rings is 1. The van der Waals surface area contributed by atoms with Gasteiger partial charge in [-0.2, -0.15) is 4.98 Å². The van der Waals surface area contributed by atoms with Crippen molar-refractivity contribution >= 4 is 34.8 Å². The fourth-order valence-electron chi connectivity index (χ4n) is 3.97. The number of hydrogen-bond acceptors (Lipinski definition) is 8. The summed E-state index contributed by atoms with van der Waals surface area (Å²) in [5, 5.41) is 13.8. The normalized spacial score (nSPS) is 11.8. The highest BCUT2D eigenvalue weighted by atomic mass is 19.1. The van der Waals surface area contributed by atoms with E-state index in [4.69, 9.17) is 4.74 Å². The van der Waals surface area contributed by atoms with Crippen molar-refractivity contribution in [2.45, 2.75) is 32.0 Å². The van der Waals surface area contributed by atoms with E-state index in [1.54, 1.807) is 14.1 Å². The van der Waals surface area contributed by atoms with Crippen molar-refractivity contribution in [3.63, 3.8) is 0 Å². The highest BCUT2D eigenvalue weighted by Crippen LogP contribution is 2.21. The molecule has 14 nitrogen and oxygen atoms in total. The zero-order valence-electron chi connectivity index (χ0n) is 23.6. The molecule has 0 aliphatic carbocycles. The maximum absolute atomic E-state index is 14.0. The molecule has 0 fully saturated rings. The fraction of sp³-hybridized carbons (Fsp3) is 0.250. The number of likely N-dealkylation sites (N-methyl/N-ethyl adjacent to an activating group) is 1. The van der Waals surface area contributed by atoms with Gasteiger partial charge >= 0.3 is 6.09 Å². The monoisotopic (exact) mass is 610 g/mol. The Morgan fingerprint density at radius 1 is 1.20 bits per heavy atom. The van der Waals surface area contributed by atoms with Crippen LogP contribution in [-0.4, -0.2) is 72.6 Å². The molecule has 3 amide bonds. The topological polar surface area (TPSA) is 184 Å². The lowest BCUT2D eigenvalue weighted by atomic mass is 10.1. The number of anilines is 1. The molecule has 4 N–H and O–H groups in total. The van der Waals surface area contributed by atoms with Crippen molar-refractivity contribution in [1.29, 1.82) is 0 Å². The lowest BCUT2D eigenvalue weighted by Gasteiger charge is -2.16. The summed E-state index contributed by atoms with van der Waals surface area (Å²) in [7, 11) is 3.16. The molecule has 44 heavy (non-hydrogen) atoms. The van der Waals surface area contributed by atoms with Crippen LogP contribution in [0.4, 0.5) is 19.3 Å². The largest absolute Gasteiger partial charge is 0.471 e. The predicted octanol–water partition coefficient (Wildman–Crippen LogP) is 2.42. The Balaban J connectivity index is 1.46. The minimum Gasteiger partial charge on any atom is -0.471 e. The van der Waals surface area contributed by atoms with E-state index in [1.165, 1.54) is 52.3 Å². The highest BCUT2D eigenvalue weighted by Gasteiger charge is 2.21. The van der Waals surface area contributed by atoms with Crippen molar-refractivity contribution < 1.29 is 33.0 Å². The molecule has 16 heteroatoms. The van der Waals surface area contributed by atoms with Crippen LogP contribution in [0.25, 0.3) is 11.2 Å². The summed E-state index contributed by atoms with van der Waals surface area (Å²) >= 11 is 0. The summed E-state index contributed by atoms with van der Waals surface area (Å²) in [6.07, 6.45) is 4.34. The van der Waals surface area contributed by atoms with Gasteiger partial charge < -0.3 is 34.9 Å². The fourth-order valence-corrected chi connectivity index (χ4v) is 3.97. The molecule has 0 aliphatic heterocycles. The van der Waals surface area contributed by atoms with Gasteiger partial charge in [0.2, 0.25) is 17.7 Å². The Labute approximate surface area is 248 Å². The quantitative estimate of drug-likeness (QED) is 0.175. The van der Waals surface area contributed by atoms with Crippen LogP contribution in [0.1, 0.15) is 24.2 Å². The van der Waals surface area contributed by atoms with Crippen LogP contribution in [0, 0.1) is 11.6 Å². The number of aromatic amines is 1. The molecule has 0 aliphatic rings. The van der Waals surface area contributed by atoms with Gasteiger partial charge in [0.1, 0.15) is 42.1 Å². The Bertz CT molecular complexity index is 1770. The van der Waals surface area contributed by atoms with E-state index in [1.807, 2.05) is 0 Å². The summed E-state index contributed by atoms with van der Waals surface area (Å²) in [5.74, 6) is -2.19. The first-order valence-corrected chi connectivity index (χ1v) is 13.2. The summed E-state index contributed by atoms with van der Waals surface area (Å²) < 4.78 is 34.1. The van der Waals surface area contributed by atoms with Crippen molar-refractivity contribution in [3.8, 4) is 5.88 Å². The van der Waals surface area contributed by atoms with E-state index in [0.717, 1.165) is 12.1 Å². The molecule has 4 aromatic rings. The number of nitrogens with zero attached hydrogens (tertiary/aromatic N) is 5. The number of benzene rings is 1. The van der Waals surface area contributed by atoms with Crippen molar-refractivity contribution in [2.24, 2.45) is 0 Å². The lowest BCUT2D eigenvalue weighted by molar-refractivity contribution is -0.123. The molecule has 1 unspecified atom stereocenters. The average molecular weight is 611 g/mol. The third-order valence-electron chi connectivity index (χ3n) is 6.21. The van der Waals surface area contributed by atoms with Crippen molar-refractivity contribution in [2.75, 3.05) is 19.4 Å². The van der Waals surface area contributed by atoms with Crippen LogP contribution in [0.15, 0.2) is 59.8 Å². The molecule has 3 heterocycles. The Morgan fingerprint density at radius 2 is 2.00 bits per heavy atom. The summed E-state index contributed by atoms with van der Waals surface area (Å²) in [5.41, 5.74) is -0.0936. The zero-order chi connectivity index (χ0) is 31.8. The van der Waals surface area contributed by atoms with Gasteiger partial charge in [-0.25, -0.2) is 23.5 Å². The molecule has 3 aromatic heterocycles. The number of carbonyl (C=O) groups is 3. The first kappa shape index (κ1) is 31.3. The van der Waals surface area contributed by atoms with E-state index in [9.17, 15) is 33.1 Å². The number of carboxylic acid groups (broad SMARTS) is 1. The number of aromatic nitrogens is 5.